The van der Waals surface area contributed by atoms with E-state index in [4.69, 9.17) is 4.74 Å². The van der Waals surface area contributed by atoms with E-state index in [1.165, 1.54) is 0 Å². The van der Waals surface area contributed by atoms with Crippen molar-refractivity contribution in [2.75, 3.05) is 6.61 Å². The summed E-state index contributed by atoms with van der Waals surface area (Å²) in [5, 5.41) is 7.55. The van der Waals surface area contributed by atoms with E-state index in [1.54, 1.807) is 6.33 Å². The van der Waals surface area contributed by atoms with Crippen LogP contribution in [0.25, 0.3) is 0 Å². The van der Waals surface area contributed by atoms with Gasteiger partial charge in [0.05, 0.1) is 13.1 Å². The van der Waals surface area contributed by atoms with Gasteiger partial charge < -0.3 is 10.1 Å². The first kappa shape index (κ1) is 15.0. The number of hydrogen-bond acceptors (Lipinski definition) is 4. The van der Waals surface area contributed by atoms with Crippen molar-refractivity contribution in [3.05, 3.63) is 40.9 Å². The molecule has 2 rings (SSSR count). The van der Waals surface area contributed by atoms with Crippen LogP contribution in [-0.2, 0) is 13.1 Å². The zero-order valence-corrected chi connectivity index (χ0v) is 13.3. The molecule has 0 radical (unpaired) electrons. The van der Waals surface area contributed by atoms with Crippen molar-refractivity contribution in [3.8, 4) is 5.75 Å². The summed E-state index contributed by atoms with van der Waals surface area (Å²) in [5.74, 6) is 1.79. The van der Waals surface area contributed by atoms with Gasteiger partial charge in [-0.3, -0.25) is 0 Å². The summed E-state index contributed by atoms with van der Waals surface area (Å²) in [7, 11) is 0. The maximum atomic E-state index is 5.69. The third-order valence-electron chi connectivity index (χ3n) is 2.75. The fourth-order valence-corrected chi connectivity index (χ4v) is 1.95. The average Bonchev–Trinajstić information content (AvgIpc) is 2.86. The van der Waals surface area contributed by atoms with Gasteiger partial charge in [0.1, 0.15) is 24.5 Å². The number of benzene rings is 1. The summed E-state index contributed by atoms with van der Waals surface area (Å²) >= 11 is 3.40. The smallest absolute Gasteiger partial charge is 0.140 e. The monoisotopic (exact) mass is 338 g/mol. The molecule has 1 heterocycles. The lowest BCUT2D eigenvalue weighted by Crippen LogP contribution is -2.25. The number of ether oxygens (including phenoxy) is 1. The molecule has 20 heavy (non-hydrogen) atoms. The first-order valence-electron chi connectivity index (χ1n) is 6.63. The van der Waals surface area contributed by atoms with Crippen LogP contribution < -0.4 is 10.1 Å². The minimum atomic E-state index is 0.430. The Kier molecular flexibility index (Phi) is 5.55. The van der Waals surface area contributed by atoms with Crippen molar-refractivity contribution in [3.63, 3.8) is 0 Å². The molecule has 0 amide bonds. The molecule has 2 aromatic rings. The van der Waals surface area contributed by atoms with E-state index < -0.39 is 0 Å². The largest absolute Gasteiger partial charge is 0.492 e. The van der Waals surface area contributed by atoms with Crippen LogP contribution in [0.1, 0.15) is 19.7 Å². The van der Waals surface area contributed by atoms with Crippen LogP contribution in [0.15, 0.2) is 35.1 Å². The molecule has 1 aromatic carbocycles. The normalized spacial score (nSPS) is 11.0. The van der Waals surface area contributed by atoms with Crippen molar-refractivity contribution < 1.29 is 4.74 Å². The second-order valence-corrected chi connectivity index (χ2v) is 5.65. The molecule has 0 unspecified atom stereocenters. The molecule has 0 atom stereocenters. The van der Waals surface area contributed by atoms with Gasteiger partial charge in [0.15, 0.2) is 0 Å². The van der Waals surface area contributed by atoms with Crippen molar-refractivity contribution in [2.24, 2.45) is 0 Å². The summed E-state index contributed by atoms with van der Waals surface area (Å²) in [4.78, 5) is 4.25. The van der Waals surface area contributed by atoms with Crippen LogP contribution in [0.5, 0.6) is 5.75 Å². The minimum Gasteiger partial charge on any atom is -0.492 e. The van der Waals surface area contributed by atoms with E-state index in [0.717, 1.165) is 22.6 Å². The molecule has 5 nitrogen and oxygen atoms in total. The van der Waals surface area contributed by atoms with Gasteiger partial charge >= 0.3 is 0 Å². The van der Waals surface area contributed by atoms with Gasteiger partial charge in [0.2, 0.25) is 0 Å². The maximum absolute atomic E-state index is 5.69. The summed E-state index contributed by atoms with van der Waals surface area (Å²) in [6.45, 7) is 6.19. The fourth-order valence-electron chi connectivity index (χ4n) is 1.69. The van der Waals surface area contributed by atoms with Gasteiger partial charge in [-0.05, 0) is 24.3 Å². The molecular weight excluding hydrogens is 320 g/mol. The Morgan fingerprint density at radius 3 is 2.75 bits per heavy atom. The molecular formula is C14H19BrN4O. The lowest BCUT2D eigenvalue weighted by Gasteiger charge is -2.10. The number of aromatic nitrogens is 3. The summed E-state index contributed by atoms with van der Waals surface area (Å²) in [5.41, 5.74) is 0. The van der Waals surface area contributed by atoms with Gasteiger partial charge in [-0.1, -0.05) is 29.8 Å². The Labute approximate surface area is 127 Å². The van der Waals surface area contributed by atoms with Crippen LogP contribution in [0, 0.1) is 0 Å². The van der Waals surface area contributed by atoms with Gasteiger partial charge in [-0.25, -0.2) is 9.67 Å². The van der Waals surface area contributed by atoms with Gasteiger partial charge in [-0.2, -0.15) is 5.10 Å². The van der Waals surface area contributed by atoms with E-state index in [9.17, 15) is 0 Å². The van der Waals surface area contributed by atoms with Crippen molar-refractivity contribution in [1.82, 2.24) is 20.1 Å². The van der Waals surface area contributed by atoms with Crippen LogP contribution >= 0.6 is 15.9 Å². The van der Waals surface area contributed by atoms with E-state index in [0.29, 0.717) is 19.2 Å². The Balaban J connectivity index is 1.82. The molecule has 0 aliphatic rings. The third kappa shape index (κ3) is 4.61. The molecule has 0 aliphatic carbocycles. The molecule has 0 bridgehead atoms. The quantitative estimate of drug-likeness (QED) is 0.843. The van der Waals surface area contributed by atoms with Gasteiger partial charge in [-0.15, -0.1) is 0 Å². The third-order valence-corrected chi connectivity index (χ3v) is 3.28. The zero-order valence-electron chi connectivity index (χ0n) is 11.7. The number of nitrogens with zero attached hydrogens (tertiary/aromatic N) is 3. The molecule has 0 saturated heterocycles. The van der Waals surface area contributed by atoms with Crippen molar-refractivity contribution in [1.29, 1.82) is 0 Å². The highest BCUT2D eigenvalue weighted by Gasteiger charge is 2.05. The number of nitrogens with one attached hydrogen (secondary N) is 1. The first-order valence-corrected chi connectivity index (χ1v) is 7.43. The van der Waals surface area contributed by atoms with E-state index >= 15 is 0 Å². The molecule has 0 saturated carbocycles. The fraction of sp³-hybridized carbons (Fsp3) is 0.429. The van der Waals surface area contributed by atoms with Gasteiger partial charge in [0, 0.05) is 10.5 Å². The average molecular weight is 339 g/mol. The molecule has 1 N–H and O–H groups in total. The molecule has 108 valence electrons. The number of hydrogen-bond donors (Lipinski definition) is 1. The van der Waals surface area contributed by atoms with Crippen LogP contribution in [0.3, 0.4) is 0 Å². The molecule has 0 aliphatic heterocycles. The molecule has 0 fully saturated rings. The van der Waals surface area contributed by atoms with E-state index in [1.807, 2.05) is 28.9 Å². The summed E-state index contributed by atoms with van der Waals surface area (Å²) in [6.07, 6.45) is 1.58. The lowest BCUT2D eigenvalue weighted by atomic mass is 10.3. The van der Waals surface area contributed by atoms with Gasteiger partial charge in [0.25, 0.3) is 0 Å². The van der Waals surface area contributed by atoms with Crippen molar-refractivity contribution in [2.45, 2.75) is 33.0 Å². The molecule has 0 spiro atoms. The Morgan fingerprint density at radius 2 is 2.05 bits per heavy atom. The SMILES string of the molecule is CC(C)NCc1ncnn1CCOc1ccc(Br)cc1. The highest BCUT2D eigenvalue weighted by molar-refractivity contribution is 9.10. The van der Waals surface area contributed by atoms with E-state index in [-0.39, 0.29) is 0 Å². The predicted octanol–water partition coefficient (Wildman–Crippen LogP) is 2.62. The highest BCUT2D eigenvalue weighted by Crippen LogP contribution is 2.15. The van der Waals surface area contributed by atoms with Crippen LogP contribution in [-0.4, -0.2) is 27.4 Å². The predicted molar refractivity (Wildman–Crippen MR) is 81.6 cm³/mol. The molecule has 6 heteroatoms. The molecule has 1 aromatic heterocycles. The zero-order chi connectivity index (χ0) is 14.4. The Bertz CT molecular complexity index is 524. The minimum absolute atomic E-state index is 0.430. The standard InChI is InChI=1S/C14H19BrN4O/c1-11(2)16-9-14-17-10-18-19(14)7-8-20-13-5-3-12(15)4-6-13/h3-6,10-11,16H,7-9H2,1-2H3. The summed E-state index contributed by atoms with van der Waals surface area (Å²) in [6, 6.07) is 8.23. The second kappa shape index (κ2) is 7.40. The highest BCUT2D eigenvalue weighted by atomic mass is 79.9. The Hall–Kier alpha value is -1.40. The number of halogens is 1. The number of rotatable bonds is 7. The summed E-state index contributed by atoms with van der Waals surface area (Å²) < 4.78 is 8.60. The van der Waals surface area contributed by atoms with E-state index in [2.05, 4.69) is 45.2 Å². The van der Waals surface area contributed by atoms with Crippen LogP contribution in [0.2, 0.25) is 0 Å². The van der Waals surface area contributed by atoms with Crippen LogP contribution in [0.4, 0.5) is 0 Å². The Morgan fingerprint density at radius 1 is 1.30 bits per heavy atom. The van der Waals surface area contributed by atoms with Crippen molar-refractivity contribution >= 4 is 15.9 Å². The topological polar surface area (TPSA) is 52.0 Å². The lowest BCUT2D eigenvalue weighted by molar-refractivity contribution is 0.287. The maximum Gasteiger partial charge on any atom is 0.140 e. The second-order valence-electron chi connectivity index (χ2n) is 4.74. The first-order chi connectivity index (χ1) is 9.65.